The van der Waals surface area contributed by atoms with Crippen molar-refractivity contribution in [1.82, 2.24) is 49.5 Å². The molecule has 0 bridgehead atoms. The third kappa shape index (κ3) is 25.5. The van der Waals surface area contributed by atoms with Crippen LogP contribution in [0, 0.1) is 5.92 Å². The lowest BCUT2D eigenvalue weighted by Gasteiger charge is -2.33. The molecule has 8 aromatic rings. The number of carbonyl (C=O) groups is 6. The van der Waals surface area contributed by atoms with Gasteiger partial charge in [0.15, 0.2) is 15.4 Å². The summed E-state index contributed by atoms with van der Waals surface area (Å²) in [7, 11) is 3.88. The number of hydrogen-bond donors (Lipinski definition) is 6. The second kappa shape index (κ2) is 40.3. The van der Waals surface area contributed by atoms with Gasteiger partial charge in [-0.05, 0) is 162 Å². The van der Waals surface area contributed by atoms with Crippen molar-refractivity contribution in [1.29, 1.82) is 0 Å². The summed E-state index contributed by atoms with van der Waals surface area (Å²) >= 11 is 10.2. The molecule has 4 aliphatic heterocycles. The van der Waals surface area contributed by atoms with Gasteiger partial charge >= 0.3 is 0 Å². The van der Waals surface area contributed by atoms with Crippen molar-refractivity contribution < 1.29 is 37.9 Å². The standard InChI is InChI=1S/C29H38N6O3S2.C24H30N4O3S2.C23H24N6O2S2/c1-29(2,3)23-16-30-25(38-23)19-39-26-17-31-28(40-26)33-22-8-6-15-35(18-22)27(37)20-10-12-21(13-11-20)32-24(36)9-7-14-34(4)5;1-2-21(29)26-19-7-5-18(6-8-19)23(30)28-11-3-4-20(15-28)27-24-25-14-22(33-24)32-16-17-9-12-31-13-10-17;1-2-20(30)27-18-7-5-17(6-8-18)22(31)29-9-3-4-19(13-29)28-23-26-12-21(33-23)32-14-16-10-24-15-25-11-16/h7,9-13,16-17,22H,6,8,14-15,18-19H2,1-5H3,(H,31,33)(H,32,36);2,5-8,14,17,20H,1,3-4,9-13,15-16H2,(H,25,27)(H,26,29);2,5-8,10-12,15,19H,1,3-4,9,13-14H2,(H,26,28)(H,27,30)/b9-7+;;/t22-;20-;19-/m111/s1. The van der Waals surface area contributed by atoms with Crippen LogP contribution in [0.15, 0.2) is 171 Å². The van der Waals surface area contributed by atoms with E-state index in [-0.39, 0.29) is 59.0 Å². The maximum Gasteiger partial charge on any atom is 0.253 e. The minimum Gasteiger partial charge on any atom is -0.444 e. The van der Waals surface area contributed by atoms with E-state index in [1.54, 1.807) is 136 Å². The Morgan fingerprint density at radius 3 is 1.37 bits per heavy atom. The molecule has 4 saturated heterocycles. The van der Waals surface area contributed by atoms with Gasteiger partial charge in [-0.1, -0.05) is 74.0 Å². The van der Waals surface area contributed by atoms with E-state index in [9.17, 15) is 28.8 Å². The largest absolute Gasteiger partial charge is 0.444 e. The number of nitrogens with zero attached hydrogens (tertiary/aromatic N) is 10. The molecular weight excluding hydrogens is 1460 g/mol. The number of likely N-dealkylation sites (N-methyl/N-ethyl adjacent to an activating group) is 1. The van der Waals surface area contributed by atoms with Gasteiger partial charge in [-0.3, -0.25) is 28.8 Å². The fraction of sp³-hybridized carbons (Fsp3) is 0.395. The van der Waals surface area contributed by atoms with Gasteiger partial charge < -0.3 is 60.7 Å². The molecule has 6 N–H and O–H groups in total. The number of oxazole rings is 1. The molecule has 24 nitrogen and oxygen atoms in total. The molecule has 0 saturated carbocycles. The topological polar surface area (TPSA) is 287 Å². The third-order valence-electron chi connectivity index (χ3n) is 17.3. The van der Waals surface area contributed by atoms with Crippen LogP contribution in [0.2, 0.25) is 0 Å². The summed E-state index contributed by atoms with van der Waals surface area (Å²) in [5.74, 6) is 4.14. The van der Waals surface area contributed by atoms with E-state index in [4.69, 9.17) is 9.15 Å². The van der Waals surface area contributed by atoms with Gasteiger partial charge in [-0.25, -0.2) is 29.9 Å². The third-order valence-corrected chi connectivity index (χ3v) is 24.0. The molecule has 560 valence electrons. The molecule has 12 rings (SSSR count). The quantitative estimate of drug-likeness (QED) is 0.0217. The smallest absolute Gasteiger partial charge is 0.253 e. The highest BCUT2D eigenvalue weighted by Crippen LogP contribution is 2.36. The first-order chi connectivity index (χ1) is 51.3. The van der Waals surface area contributed by atoms with Gasteiger partial charge in [0, 0.05) is 146 Å². The monoisotopic (exact) mass is 1550 g/mol. The van der Waals surface area contributed by atoms with Gasteiger partial charge in [0.1, 0.15) is 12.1 Å². The van der Waals surface area contributed by atoms with E-state index in [0.717, 1.165) is 137 Å². The lowest BCUT2D eigenvalue weighted by molar-refractivity contribution is -0.112. The summed E-state index contributed by atoms with van der Waals surface area (Å²) < 4.78 is 14.8. The highest BCUT2D eigenvalue weighted by molar-refractivity contribution is 8.01. The zero-order chi connectivity index (χ0) is 74.8. The van der Waals surface area contributed by atoms with Gasteiger partial charge in [0.2, 0.25) is 23.6 Å². The highest BCUT2D eigenvalue weighted by Gasteiger charge is 2.29. The number of nitrogens with one attached hydrogen (secondary N) is 6. The molecule has 0 aliphatic carbocycles. The van der Waals surface area contributed by atoms with Crippen molar-refractivity contribution in [2.24, 2.45) is 5.92 Å². The van der Waals surface area contributed by atoms with Crippen LogP contribution in [-0.2, 0) is 36.0 Å². The minimum absolute atomic E-state index is 0.00814. The van der Waals surface area contributed by atoms with E-state index >= 15 is 0 Å². The van der Waals surface area contributed by atoms with Crippen LogP contribution < -0.4 is 31.9 Å². The summed E-state index contributed by atoms with van der Waals surface area (Å²) in [5.41, 5.74) is 4.77. The fourth-order valence-corrected chi connectivity index (χ4v) is 17.5. The molecule has 4 aliphatic rings. The number of thioether (sulfide) groups is 3. The molecule has 0 unspecified atom stereocenters. The van der Waals surface area contributed by atoms with Crippen LogP contribution >= 0.6 is 69.3 Å². The maximum atomic E-state index is 13.2. The SMILES string of the molecule is C=CC(=O)Nc1ccc(C(=O)N2CCC[C@@H](Nc3ncc(SCC4CCOCC4)s3)C2)cc1.C=CC(=O)Nc1ccc(C(=O)N2CCC[C@@H](Nc3ncc(SCc4cncnc4)s3)C2)cc1.CN(C)C/C=C/C(=O)Nc1ccc(C(=O)N2CCC[C@@H](Nc3ncc(SCc4ncc(C(C)(C)C)o4)s3)C2)cc1. The first-order valence-electron chi connectivity index (χ1n) is 35.3. The Hall–Kier alpha value is -8.75. The summed E-state index contributed by atoms with van der Waals surface area (Å²) in [6.07, 6.45) is 26.5. The number of hydrogen-bond acceptors (Lipinski definition) is 24. The maximum absolute atomic E-state index is 13.2. The van der Waals surface area contributed by atoms with Crippen molar-refractivity contribution in [2.45, 2.75) is 120 Å². The second-order valence-corrected chi connectivity index (χ2v) is 34.0. The Bertz CT molecular complexity index is 4210. The highest BCUT2D eigenvalue weighted by atomic mass is 32.2. The summed E-state index contributed by atoms with van der Waals surface area (Å²) in [6.45, 7) is 19.7. The number of thiazole rings is 3. The number of piperidine rings is 3. The molecule has 0 spiro atoms. The summed E-state index contributed by atoms with van der Waals surface area (Å²) in [6, 6.07) is 21.4. The van der Waals surface area contributed by atoms with E-state index in [2.05, 4.69) is 95.7 Å². The Morgan fingerprint density at radius 2 is 0.962 bits per heavy atom. The van der Waals surface area contributed by atoms with E-state index in [0.29, 0.717) is 71.6 Å². The molecule has 4 fully saturated rings. The number of aromatic nitrogens is 6. The van der Waals surface area contributed by atoms with Crippen molar-refractivity contribution in [3.05, 3.63) is 188 Å². The number of amides is 6. The van der Waals surface area contributed by atoms with E-state index in [1.807, 2.05) is 82.6 Å². The summed E-state index contributed by atoms with van der Waals surface area (Å²) in [4.78, 5) is 108. The van der Waals surface area contributed by atoms with Crippen LogP contribution in [-0.4, -0.2) is 182 Å². The van der Waals surface area contributed by atoms with Crippen LogP contribution in [0.1, 0.15) is 120 Å². The first-order valence-corrected chi connectivity index (χ1v) is 40.7. The molecule has 3 aromatic carbocycles. The van der Waals surface area contributed by atoms with Crippen LogP contribution in [0.3, 0.4) is 0 Å². The zero-order valence-electron chi connectivity index (χ0n) is 60.3. The molecule has 30 heteroatoms. The Balaban J connectivity index is 0.000000171. The number of rotatable bonds is 26. The second-order valence-electron chi connectivity index (χ2n) is 27.0. The minimum atomic E-state index is -0.281. The van der Waals surface area contributed by atoms with Gasteiger partial charge in [-0.2, -0.15) is 0 Å². The van der Waals surface area contributed by atoms with Gasteiger partial charge in [0.25, 0.3) is 17.7 Å². The normalized spacial score (nSPS) is 16.9. The number of ether oxygens (including phenoxy) is 1. The average molecular weight is 1550 g/mol. The Kier molecular flexibility index (Phi) is 30.3. The van der Waals surface area contributed by atoms with Crippen molar-refractivity contribution >= 4 is 137 Å². The van der Waals surface area contributed by atoms with Crippen molar-refractivity contribution in [3.8, 4) is 0 Å². The first kappa shape index (κ1) is 79.8. The predicted molar refractivity (Wildman–Crippen MR) is 428 cm³/mol. The van der Waals surface area contributed by atoms with E-state index < -0.39 is 0 Å². The number of carbonyl (C=O) groups excluding carboxylic acids is 6. The molecule has 5 aromatic heterocycles. The fourth-order valence-electron chi connectivity index (χ4n) is 11.6. The average Bonchev–Trinajstić information content (AvgIpc) is 1.60. The lowest BCUT2D eigenvalue weighted by Crippen LogP contribution is -2.45. The van der Waals surface area contributed by atoms with Gasteiger partial charge in [0.05, 0.1) is 43.2 Å². The predicted octanol–water partition coefficient (Wildman–Crippen LogP) is 14.1. The molecule has 106 heavy (non-hydrogen) atoms. The van der Waals surface area contributed by atoms with Crippen molar-refractivity contribution in [2.75, 3.05) is 111 Å². The lowest BCUT2D eigenvalue weighted by atomic mass is 9.94. The zero-order valence-corrected chi connectivity index (χ0v) is 65.2. The van der Waals surface area contributed by atoms with Gasteiger partial charge in [-0.15, -0.1) is 35.3 Å². The summed E-state index contributed by atoms with van der Waals surface area (Å²) in [5, 5.41) is 21.4. The number of anilines is 6. The van der Waals surface area contributed by atoms with Crippen LogP contribution in [0.5, 0.6) is 0 Å². The Morgan fingerprint density at radius 1 is 0.547 bits per heavy atom. The van der Waals surface area contributed by atoms with E-state index in [1.165, 1.54) is 28.8 Å². The van der Waals surface area contributed by atoms with Crippen LogP contribution in [0.25, 0.3) is 0 Å². The molecule has 3 atom stereocenters. The van der Waals surface area contributed by atoms with Crippen LogP contribution in [0.4, 0.5) is 32.5 Å². The molecule has 9 heterocycles. The Labute approximate surface area is 644 Å². The molecular formula is C76H92N16O8S6. The number of likely N-dealkylation sites (tertiary alicyclic amines) is 3. The molecule has 6 amide bonds. The number of benzene rings is 3. The van der Waals surface area contributed by atoms with Crippen molar-refractivity contribution in [3.63, 3.8) is 0 Å². The molecule has 0 radical (unpaired) electrons.